The van der Waals surface area contributed by atoms with Crippen LogP contribution in [0.1, 0.15) is 5.56 Å². The van der Waals surface area contributed by atoms with Gasteiger partial charge < -0.3 is 0 Å². The summed E-state index contributed by atoms with van der Waals surface area (Å²) in [6.45, 7) is 0. The third-order valence-electron chi connectivity index (χ3n) is 3.97. The van der Waals surface area contributed by atoms with E-state index in [2.05, 4.69) is 4.98 Å². The first kappa shape index (κ1) is 19.2. The second-order valence-electron chi connectivity index (χ2n) is 5.76. The zero-order chi connectivity index (χ0) is 19.1. The normalized spacial score (nSPS) is 19.2. The Balaban J connectivity index is 1.45. The highest BCUT2D eigenvalue weighted by Crippen LogP contribution is 2.64. The average molecular weight is 481 g/mol. The lowest BCUT2D eigenvalue weighted by Crippen LogP contribution is -2.30. The molecular formula is C18H12N2O2S6. The van der Waals surface area contributed by atoms with Crippen LogP contribution in [0.25, 0.3) is 10.6 Å². The Morgan fingerprint density at radius 1 is 0.857 bits per heavy atom. The first-order valence-electron chi connectivity index (χ1n) is 8.25. The van der Waals surface area contributed by atoms with E-state index in [4.69, 9.17) is 0 Å². The molecule has 3 aliphatic heterocycles. The third kappa shape index (κ3) is 3.70. The largest absolute Gasteiger partial charge is 0.332 e. The Morgan fingerprint density at radius 3 is 2.29 bits per heavy atom. The second-order valence-corrected chi connectivity index (χ2v) is 13.0. The molecule has 4 heterocycles. The molecule has 142 valence electrons. The van der Waals surface area contributed by atoms with Gasteiger partial charge in [-0.15, -0.1) is 23.5 Å². The summed E-state index contributed by atoms with van der Waals surface area (Å²) in [5.74, 6) is 2.33. The van der Waals surface area contributed by atoms with E-state index >= 15 is 0 Å². The van der Waals surface area contributed by atoms with Crippen molar-refractivity contribution in [1.82, 2.24) is 9.55 Å². The van der Waals surface area contributed by atoms with Gasteiger partial charge in [0.05, 0.1) is 28.2 Å². The van der Waals surface area contributed by atoms with Crippen LogP contribution in [-0.2, 0) is 0 Å². The summed E-state index contributed by atoms with van der Waals surface area (Å²) in [7, 11) is 0. The van der Waals surface area contributed by atoms with Crippen LogP contribution in [-0.4, -0.2) is 21.1 Å². The number of hydrogen-bond donors (Lipinski definition) is 1. The van der Waals surface area contributed by atoms with E-state index in [1.54, 1.807) is 29.7 Å². The number of H-pyrrole nitrogens is 1. The Labute approximate surface area is 186 Å². The summed E-state index contributed by atoms with van der Waals surface area (Å²) in [5, 5.41) is 2.01. The Kier molecular flexibility index (Phi) is 5.59. The summed E-state index contributed by atoms with van der Waals surface area (Å²) < 4.78 is 6.81. The maximum absolute atomic E-state index is 12.5. The highest BCUT2D eigenvalue weighted by Gasteiger charge is 2.30. The predicted molar refractivity (Wildman–Crippen MR) is 130 cm³/mol. The number of rotatable bonds is 2. The van der Waals surface area contributed by atoms with E-state index in [1.165, 1.54) is 33.0 Å². The third-order valence-corrected chi connectivity index (χ3v) is 12.7. The molecule has 0 amide bonds. The zero-order valence-corrected chi connectivity index (χ0v) is 19.1. The molecule has 0 saturated heterocycles. The summed E-state index contributed by atoms with van der Waals surface area (Å²) in [6, 6.07) is 9.33. The molecule has 2 aromatic rings. The first-order chi connectivity index (χ1) is 13.7. The van der Waals surface area contributed by atoms with Gasteiger partial charge in [-0.2, -0.15) is 0 Å². The van der Waals surface area contributed by atoms with Crippen LogP contribution in [0.5, 0.6) is 0 Å². The summed E-state index contributed by atoms with van der Waals surface area (Å²) in [6.07, 6.45) is 1.65. The van der Waals surface area contributed by atoms with Crippen molar-refractivity contribution in [3.63, 3.8) is 0 Å². The molecule has 0 fully saturated rings. The van der Waals surface area contributed by atoms with Gasteiger partial charge in [0.25, 0.3) is 5.56 Å². The van der Waals surface area contributed by atoms with Crippen molar-refractivity contribution in [2.75, 3.05) is 11.5 Å². The molecular weight excluding hydrogens is 469 g/mol. The maximum Gasteiger partial charge on any atom is 0.332 e. The van der Waals surface area contributed by atoms with E-state index in [0.717, 1.165) is 10.6 Å². The van der Waals surface area contributed by atoms with Crippen LogP contribution in [0.4, 0.5) is 0 Å². The lowest BCUT2D eigenvalue weighted by molar-refractivity contribution is 0.891. The number of nitrogens with one attached hydrogen (secondary N) is 1. The van der Waals surface area contributed by atoms with Crippen molar-refractivity contribution in [2.45, 2.75) is 0 Å². The number of aromatic nitrogens is 2. The molecule has 0 radical (unpaired) electrons. The molecule has 0 bridgehead atoms. The lowest BCUT2D eigenvalue weighted by atomic mass is 10.3. The molecule has 0 spiro atoms. The van der Waals surface area contributed by atoms with Crippen LogP contribution >= 0.6 is 70.6 Å². The summed E-state index contributed by atoms with van der Waals surface area (Å²) >= 11 is 10.8. The van der Waals surface area contributed by atoms with Crippen molar-refractivity contribution in [3.8, 4) is 5.69 Å². The fourth-order valence-corrected chi connectivity index (χ4v) is 11.3. The minimum atomic E-state index is -0.428. The molecule has 0 unspecified atom stereocenters. The molecule has 5 rings (SSSR count). The fourth-order valence-electron chi connectivity index (χ4n) is 2.69. The monoisotopic (exact) mass is 480 g/mol. The first-order valence-corrected chi connectivity index (χ1v) is 13.6. The van der Waals surface area contributed by atoms with E-state index in [-0.39, 0.29) is 5.56 Å². The molecule has 1 aromatic carbocycles. The van der Waals surface area contributed by atoms with Gasteiger partial charge in [-0.3, -0.25) is 14.3 Å². The van der Waals surface area contributed by atoms with Crippen LogP contribution < -0.4 is 11.2 Å². The minimum Gasteiger partial charge on any atom is -0.273 e. The van der Waals surface area contributed by atoms with Gasteiger partial charge in [0.15, 0.2) is 0 Å². The van der Waals surface area contributed by atoms with Gasteiger partial charge >= 0.3 is 5.69 Å². The number of thioether (sulfide) groups is 6. The van der Waals surface area contributed by atoms with Gasteiger partial charge in [0.1, 0.15) is 0 Å². The van der Waals surface area contributed by atoms with Crippen LogP contribution in [0.2, 0.25) is 0 Å². The predicted octanol–water partition coefficient (Wildman–Crippen LogP) is 5.52. The van der Waals surface area contributed by atoms with Gasteiger partial charge in [0.2, 0.25) is 0 Å². The van der Waals surface area contributed by atoms with Crippen LogP contribution in [0.15, 0.2) is 68.5 Å². The van der Waals surface area contributed by atoms with E-state index in [9.17, 15) is 9.59 Å². The molecule has 0 saturated carbocycles. The quantitative estimate of drug-likeness (QED) is 0.603. The molecule has 1 N–H and O–H groups in total. The van der Waals surface area contributed by atoms with Crippen molar-refractivity contribution in [2.24, 2.45) is 0 Å². The standard InChI is InChI=1S/C18H12N2O2S6/c21-13-11(8-20(18(22)19-13)10-4-2-1-3-5-10)12-9-25-16(26-12)17-27-14-15(28-17)24-7-6-23-14/h1-5,8-9H,6-7H2,(H,19,21,22). The van der Waals surface area contributed by atoms with E-state index in [0.29, 0.717) is 5.56 Å². The molecule has 4 nitrogen and oxygen atoms in total. The molecule has 1 aromatic heterocycles. The second kappa shape index (κ2) is 8.16. The smallest absolute Gasteiger partial charge is 0.273 e. The van der Waals surface area contributed by atoms with Gasteiger partial charge in [-0.25, -0.2) is 4.79 Å². The lowest BCUT2D eigenvalue weighted by Gasteiger charge is -2.08. The topological polar surface area (TPSA) is 54.9 Å². The average Bonchev–Trinajstić information content (AvgIpc) is 3.36. The molecule has 3 aliphatic rings. The van der Waals surface area contributed by atoms with Crippen molar-refractivity contribution in [3.05, 3.63) is 85.3 Å². The zero-order valence-electron chi connectivity index (χ0n) is 14.2. The number of para-hydroxylation sites is 1. The minimum absolute atomic E-state index is 0.349. The number of nitrogens with zero attached hydrogens (tertiary/aromatic N) is 1. The van der Waals surface area contributed by atoms with Crippen molar-refractivity contribution >= 4 is 75.5 Å². The number of aromatic amines is 1. The molecule has 0 aliphatic carbocycles. The fraction of sp³-hybridized carbons (Fsp3) is 0.111. The Hall–Kier alpha value is -0.780. The molecule has 28 heavy (non-hydrogen) atoms. The van der Waals surface area contributed by atoms with Gasteiger partial charge in [0, 0.05) is 22.6 Å². The summed E-state index contributed by atoms with van der Waals surface area (Å²) in [4.78, 5) is 28.1. The highest BCUT2D eigenvalue weighted by molar-refractivity contribution is 8.43. The maximum atomic E-state index is 12.5. The van der Waals surface area contributed by atoms with Crippen LogP contribution in [0, 0.1) is 0 Å². The van der Waals surface area contributed by atoms with Crippen LogP contribution in [0.3, 0.4) is 0 Å². The molecule has 0 atom stereocenters. The number of hydrogen-bond acceptors (Lipinski definition) is 8. The van der Waals surface area contributed by atoms with Crippen molar-refractivity contribution < 1.29 is 0 Å². The Bertz CT molecular complexity index is 1140. The van der Waals surface area contributed by atoms with Crippen molar-refractivity contribution in [1.29, 1.82) is 0 Å². The number of benzene rings is 1. The van der Waals surface area contributed by atoms with E-state index in [1.807, 2.05) is 82.8 Å². The van der Waals surface area contributed by atoms with Gasteiger partial charge in [-0.05, 0) is 17.5 Å². The SMILES string of the molecule is O=c1[nH]c(=O)n(-c2ccccc2)cc1C1=CSC(=C2SC3=C(SCCS3)S2)S1. The molecule has 10 heteroatoms. The van der Waals surface area contributed by atoms with Gasteiger partial charge in [-0.1, -0.05) is 65.2 Å². The highest BCUT2D eigenvalue weighted by atomic mass is 32.3. The van der Waals surface area contributed by atoms with E-state index < -0.39 is 5.69 Å². The Morgan fingerprint density at radius 2 is 1.57 bits per heavy atom. The summed E-state index contributed by atoms with van der Waals surface area (Å²) in [5.41, 5.74) is 0.472.